The zero-order valence-electron chi connectivity index (χ0n) is 11.3. The van der Waals surface area contributed by atoms with Gasteiger partial charge >= 0.3 is 0 Å². The van der Waals surface area contributed by atoms with Crippen molar-refractivity contribution in [2.75, 3.05) is 0 Å². The summed E-state index contributed by atoms with van der Waals surface area (Å²) in [5.41, 5.74) is 8.45. The molecule has 0 N–H and O–H groups in total. The first kappa shape index (κ1) is 10.8. The maximum atomic E-state index is 2.36. The molecule has 0 fully saturated rings. The summed E-state index contributed by atoms with van der Waals surface area (Å²) in [6, 6.07) is 17.4. The Balaban J connectivity index is 2.06. The third-order valence-corrected chi connectivity index (χ3v) is 4.45. The number of allylic oxidation sites excluding steroid dienone is 2. The highest BCUT2D eigenvalue weighted by molar-refractivity contribution is 6.05. The van der Waals surface area contributed by atoms with Crippen LogP contribution in [0.3, 0.4) is 0 Å². The molecule has 2 aliphatic rings. The monoisotopic (exact) mass is 244 g/mol. The van der Waals surface area contributed by atoms with Crippen LogP contribution in [-0.2, 0) is 5.41 Å². The maximum absolute atomic E-state index is 2.36. The molecule has 2 aromatic rings. The van der Waals surface area contributed by atoms with E-state index in [1.807, 2.05) is 0 Å². The zero-order valence-corrected chi connectivity index (χ0v) is 11.3. The molecule has 0 aliphatic heterocycles. The van der Waals surface area contributed by atoms with Gasteiger partial charge < -0.3 is 0 Å². The van der Waals surface area contributed by atoms with Gasteiger partial charge in [-0.15, -0.1) is 0 Å². The van der Waals surface area contributed by atoms with Gasteiger partial charge in [-0.2, -0.15) is 0 Å². The van der Waals surface area contributed by atoms with Gasteiger partial charge in [-0.05, 0) is 45.6 Å². The number of hydrogen-bond acceptors (Lipinski definition) is 0. The molecule has 2 aromatic carbocycles. The molecule has 0 heterocycles. The Labute approximate surface area is 114 Å². The van der Waals surface area contributed by atoms with Crippen molar-refractivity contribution < 1.29 is 0 Å². The molecular weight excluding hydrogens is 228 g/mol. The molecule has 4 rings (SSSR count). The summed E-state index contributed by atoms with van der Waals surface area (Å²) in [6.45, 7) is 4.66. The van der Waals surface area contributed by atoms with Crippen molar-refractivity contribution in [3.63, 3.8) is 0 Å². The van der Waals surface area contributed by atoms with Crippen LogP contribution in [0, 0.1) is 0 Å². The Morgan fingerprint density at radius 2 is 1.42 bits per heavy atom. The number of hydrogen-bond donors (Lipinski definition) is 0. The fraction of sp³-hybridized carbons (Fsp3) is 0.158. The predicted molar refractivity (Wildman–Crippen MR) is 81.8 cm³/mol. The van der Waals surface area contributed by atoms with Crippen molar-refractivity contribution >= 4 is 17.7 Å². The molecule has 0 nitrogen and oxygen atoms in total. The predicted octanol–water partition coefficient (Wildman–Crippen LogP) is 4.92. The van der Waals surface area contributed by atoms with E-state index in [0.29, 0.717) is 0 Å². The SMILES string of the molecule is CC1(C)C2=Cc3ccccc3C2=Cc2ccccc21. The number of rotatable bonds is 0. The summed E-state index contributed by atoms with van der Waals surface area (Å²) in [4.78, 5) is 0. The fourth-order valence-electron chi connectivity index (χ4n) is 3.41. The Bertz CT molecular complexity index is 742. The smallest absolute Gasteiger partial charge is 0.0158 e. The third-order valence-electron chi connectivity index (χ3n) is 4.45. The first-order valence-corrected chi connectivity index (χ1v) is 6.81. The van der Waals surface area contributed by atoms with Crippen LogP contribution in [0.25, 0.3) is 17.7 Å². The summed E-state index contributed by atoms with van der Waals surface area (Å²) in [5, 5.41) is 0. The second kappa shape index (κ2) is 3.48. The second-order valence-corrected chi connectivity index (χ2v) is 5.92. The van der Waals surface area contributed by atoms with Gasteiger partial charge in [-0.3, -0.25) is 0 Å². The molecular formula is C19H16. The van der Waals surface area contributed by atoms with Crippen molar-refractivity contribution in [1.29, 1.82) is 0 Å². The minimum atomic E-state index is 0.0830. The van der Waals surface area contributed by atoms with Crippen LogP contribution < -0.4 is 0 Å². The van der Waals surface area contributed by atoms with Gasteiger partial charge in [-0.25, -0.2) is 0 Å². The van der Waals surface area contributed by atoms with E-state index in [9.17, 15) is 0 Å². The number of benzene rings is 2. The van der Waals surface area contributed by atoms with Crippen LogP contribution in [0.2, 0.25) is 0 Å². The van der Waals surface area contributed by atoms with E-state index < -0.39 is 0 Å². The molecule has 0 aromatic heterocycles. The summed E-state index contributed by atoms with van der Waals surface area (Å²) >= 11 is 0. The first-order valence-electron chi connectivity index (χ1n) is 6.81. The van der Waals surface area contributed by atoms with Crippen LogP contribution in [0.15, 0.2) is 54.1 Å². The Hall–Kier alpha value is -2.08. The van der Waals surface area contributed by atoms with Gasteiger partial charge in [0.2, 0.25) is 0 Å². The topological polar surface area (TPSA) is 0 Å². The van der Waals surface area contributed by atoms with Gasteiger partial charge in [0.05, 0.1) is 0 Å². The lowest BCUT2D eigenvalue weighted by Gasteiger charge is -2.34. The van der Waals surface area contributed by atoms with Gasteiger partial charge in [0.15, 0.2) is 0 Å². The first-order chi connectivity index (χ1) is 9.18. The quantitative estimate of drug-likeness (QED) is 0.617. The largest absolute Gasteiger partial charge is 0.0619 e. The molecule has 0 radical (unpaired) electrons. The van der Waals surface area contributed by atoms with E-state index in [1.165, 1.54) is 33.4 Å². The third kappa shape index (κ3) is 1.34. The highest BCUT2D eigenvalue weighted by atomic mass is 14.4. The molecule has 0 saturated carbocycles. The highest BCUT2D eigenvalue weighted by Gasteiger charge is 2.36. The molecule has 0 atom stereocenters. The van der Waals surface area contributed by atoms with E-state index in [0.717, 1.165) is 0 Å². The minimum Gasteiger partial charge on any atom is -0.0619 e. The fourth-order valence-corrected chi connectivity index (χ4v) is 3.41. The lowest BCUT2D eigenvalue weighted by molar-refractivity contribution is 0.644. The van der Waals surface area contributed by atoms with Crippen molar-refractivity contribution in [1.82, 2.24) is 0 Å². The maximum Gasteiger partial charge on any atom is 0.0158 e. The zero-order chi connectivity index (χ0) is 13.0. The Morgan fingerprint density at radius 1 is 0.737 bits per heavy atom. The average molecular weight is 244 g/mol. The van der Waals surface area contributed by atoms with Crippen LogP contribution in [0.5, 0.6) is 0 Å². The standard InChI is InChI=1S/C19H16/c1-19(2)17-10-6-4-8-14(17)11-16-15-9-5-3-7-13(15)12-18(16)19/h3-12H,1-2H3. The van der Waals surface area contributed by atoms with Gasteiger partial charge in [0.25, 0.3) is 0 Å². The van der Waals surface area contributed by atoms with E-state index >= 15 is 0 Å². The molecule has 0 heteroatoms. The molecule has 0 saturated heterocycles. The molecule has 19 heavy (non-hydrogen) atoms. The summed E-state index contributed by atoms with van der Waals surface area (Å²) in [6.07, 6.45) is 4.70. The number of fused-ring (bicyclic) bond motifs is 4. The summed E-state index contributed by atoms with van der Waals surface area (Å²) in [7, 11) is 0. The Kier molecular flexibility index (Phi) is 1.98. The van der Waals surface area contributed by atoms with Crippen LogP contribution in [-0.4, -0.2) is 0 Å². The van der Waals surface area contributed by atoms with E-state index in [4.69, 9.17) is 0 Å². The lowest BCUT2D eigenvalue weighted by atomic mass is 9.69. The Morgan fingerprint density at radius 3 is 2.26 bits per heavy atom. The molecule has 2 aliphatic carbocycles. The molecule has 0 bridgehead atoms. The van der Waals surface area contributed by atoms with Crippen molar-refractivity contribution in [2.24, 2.45) is 0 Å². The van der Waals surface area contributed by atoms with Crippen LogP contribution in [0.1, 0.15) is 36.1 Å². The molecule has 0 unspecified atom stereocenters. The van der Waals surface area contributed by atoms with Gasteiger partial charge in [-0.1, -0.05) is 62.4 Å². The molecule has 0 amide bonds. The second-order valence-electron chi connectivity index (χ2n) is 5.92. The van der Waals surface area contributed by atoms with Crippen molar-refractivity contribution in [2.45, 2.75) is 19.3 Å². The average Bonchev–Trinajstić information content (AvgIpc) is 2.79. The van der Waals surface area contributed by atoms with Gasteiger partial charge in [0.1, 0.15) is 0 Å². The lowest BCUT2D eigenvalue weighted by Crippen LogP contribution is -2.23. The normalized spacial score (nSPS) is 18.0. The summed E-state index contributed by atoms with van der Waals surface area (Å²) in [5.74, 6) is 0. The van der Waals surface area contributed by atoms with E-state index in [2.05, 4.69) is 74.5 Å². The van der Waals surface area contributed by atoms with Crippen LogP contribution >= 0.6 is 0 Å². The van der Waals surface area contributed by atoms with Crippen molar-refractivity contribution in [3.8, 4) is 0 Å². The molecule has 92 valence electrons. The van der Waals surface area contributed by atoms with E-state index in [1.54, 1.807) is 0 Å². The van der Waals surface area contributed by atoms with E-state index in [-0.39, 0.29) is 5.41 Å². The van der Waals surface area contributed by atoms with Crippen LogP contribution in [0.4, 0.5) is 0 Å². The van der Waals surface area contributed by atoms with Gasteiger partial charge in [0, 0.05) is 5.41 Å². The molecule has 0 spiro atoms. The summed E-state index contributed by atoms with van der Waals surface area (Å²) < 4.78 is 0. The minimum absolute atomic E-state index is 0.0830. The van der Waals surface area contributed by atoms with Crippen molar-refractivity contribution in [3.05, 3.63) is 76.4 Å². The highest BCUT2D eigenvalue weighted by Crippen LogP contribution is 2.50.